The minimum atomic E-state index is -1.22. The summed E-state index contributed by atoms with van der Waals surface area (Å²) in [5, 5.41) is 8.46. The average molecular weight is 204 g/mol. The van der Waals surface area contributed by atoms with Gasteiger partial charge in [0.25, 0.3) is 0 Å². The lowest BCUT2D eigenvalue weighted by Gasteiger charge is -2.06. The van der Waals surface area contributed by atoms with Gasteiger partial charge in [0, 0.05) is 0 Å². The van der Waals surface area contributed by atoms with Crippen LogP contribution in [0, 0.1) is 5.82 Å². The van der Waals surface area contributed by atoms with E-state index < -0.39 is 17.8 Å². The first-order valence-electron chi connectivity index (χ1n) is 3.45. The molecule has 3 N–H and O–H groups in total. The molecule has 0 aliphatic heterocycles. The molecule has 3 nitrogen and oxygen atoms in total. The molecule has 0 radical (unpaired) electrons. The van der Waals surface area contributed by atoms with Crippen LogP contribution in [-0.4, -0.2) is 11.1 Å². The number of halogens is 2. The molecule has 13 heavy (non-hydrogen) atoms. The van der Waals surface area contributed by atoms with Crippen LogP contribution in [0.4, 0.5) is 4.39 Å². The largest absolute Gasteiger partial charge is 0.480 e. The quantitative estimate of drug-likeness (QED) is 0.767. The van der Waals surface area contributed by atoms with Gasteiger partial charge in [-0.15, -0.1) is 0 Å². The third-order valence-corrected chi connectivity index (χ3v) is 1.88. The van der Waals surface area contributed by atoms with Gasteiger partial charge in [-0.1, -0.05) is 17.7 Å². The van der Waals surface area contributed by atoms with Crippen molar-refractivity contribution in [3.05, 3.63) is 34.6 Å². The van der Waals surface area contributed by atoms with Crippen molar-refractivity contribution in [3.63, 3.8) is 0 Å². The Hall–Kier alpha value is -1.13. The Morgan fingerprint density at radius 1 is 1.62 bits per heavy atom. The highest BCUT2D eigenvalue weighted by Gasteiger charge is 2.15. The van der Waals surface area contributed by atoms with Gasteiger partial charge in [0.15, 0.2) is 0 Å². The Labute approximate surface area is 78.9 Å². The van der Waals surface area contributed by atoms with Gasteiger partial charge < -0.3 is 10.8 Å². The molecule has 0 heterocycles. The number of benzene rings is 1. The zero-order valence-electron chi connectivity index (χ0n) is 6.50. The van der Waals surface area contributed by atoms with E-state index in [1.807, 2.05) is 0 Å². The van der Waals surface area contributed by atoms with Gasteiger partial charge in [-0.25, -0.2) is 4.39 Å². The van der Waals surface area contributed by atoms with Gasteiger partial charge in [0.05, 0.1) is 5.02 Å². The first-order chi connectivity index (χ1) is 6.02. The summed E-state index contributed by atoms with van der Waals surface area (Å²) in [6.45, 7) is 0. The summed E-state index contributed by atoms with van der Waals surface area (Å²) in [5.74, 6) is -1.88. The fourth-order valence-electron chi connectivity index (χ4n) is 0.848. The maximum absolute atomic E-state index is 12.8. The molecule has 70 valence electrons. The van der Waals surface area contributed by atoms with Crippen LogP contribution in [0.1, 0.15) is 11.6 Å². The lowest BCUT2D eigenvalue weighted by Crippen LogP contribution is -2.20. The molecule has 0 spiro atoms. The van der Waals surface area contributed by atoms with Crippen molar-refractivity contribution in [2.45, 2.75) is 6.04 Å². The van der Waals surface area contributed by atoms with E-state index in [0.29, 0.717) is 0 Å². The Morgan fingerprint density at radius 2 is 2.23 bits per heavy atom. The number of carboxylic acids is 1. The lowest BCUT2D eigenvalue weighted by molar-refractivity contribution is -0.138. The highest BCUT2D eigenvalue weighted by Crippen LogP contribution is 2.18. The summed E-state index contributed by atoms with van der Waals surface area (Å²) in [4.78, 5) is 10.4. The Morgan fingerprint density at radius 3 is 2.69 bits per heavy atom. The molecule has 0 aromatic heterocycles. The fraction of sp³-hybridized carbons (Fsp3) is 0.125. The van der Waals surface area contributed by atoms with E-state index in [2.05, 4.69) is 0 Å². The second-order valence-corrected chi connectivity index (χ2v) is 2.90. The smallest absolute Gasteiger partial charge is 0.325 e. The standard InChI is InChI=1S/C8H7ClFNO2/c9-5-2-1-4(3-6(5)10)7(11)8(12)13/h1-3,7H,11H2,(H,12,13)/t7-/m1/s1. The molecule has 0 fully saturated rings. The van der Waals surface area contributed by atoms with Crippen LogP contribution < -0.4 is 5.73 Å². The second-order valence-electron chi connectivity index (χ2n) is 2.49. The normalized spacial score (nSPS) is 12.5. The molecule has 0 aliphatic carbocycles. The highest BCUT2D eigenvalue weighted by atomic mass is 35.5. The van der Waals surface area contributed by atoms with Crippen LogP contribution in [0.15, 0.2) is 18.2 Å². The summed E-state index contributed by atoms with van der Waals surface area (Å²) < 4.78 is 12.8. The van der Waals surface area contributed by atoms with Gasteiger partial charge in [-0.3, -0.25) is 4.79 Å². The molecule has 1 rings (SSSR count). The average Bonchev–Trinajstić information content (AvgIpc) is 2.08. The van der Waals surface area contributed by atoms with Crippen molar-refractivity contribution in [1.29, 1.82) is 0 Å². The Bertz CT molecular complexity index is 343. The predicted octanol–water partition coefficient (Wildman–Crippen LogP) is 1.56. The molecule has 0 saturated heterocycles. The van der Waals surface area contributed by atoms with Crippen molar-refractivity contribution in [3.8, 4) is 0 Å². The van der Waals surface area contributed by atoms with Crippen LogP contribution in [0.5, 0.6) is 0 Å². The van der Waals surface area contributed by atoms with Gasteiger partial charge in [-0.05, 0) is 17.7 Å². The van der Waals surface area contributed by atoms with Crippen LogP contribution in [0.2, 0.25) is 5.02 Å². The number of nitrogens with two attached hydrogens (primary N) is 1. The second kappa shape index (κ2) is 3.72. The van der Waals surface area contributed by atoms with Gasteiger partial charge >= 0.3 is 5.97 Å². The fourth-order valence-corrected chi connectivity index (χ4v) is 0.966. The number of aliphatic carboxylic acids is 1. The summed E-state index contributed by atoms with van der Waals surface area (Å²) in [5.41, 5.74) is 5.44. The van der Waals surface area contributed by atoms with Gasteiger partial charge in [0.1, 0.15) is 11.9 Å². The third kappa shape index (κ3) is 2.17. The first-order valence-corrected chi connectivity index (χ1v) is 3.83. The number of carboxylic acid groups (broad SMARTS) is 1. The van der Waals surface area contributed by atoms with Crippen molar-refractivity contribution >= 4 is 17.6 Å². The van der Waals surface area contributed by atoms with E-state index in [4.69, 9.17) is 22.4 Å². The molecule has 0 bridgehead atoms. The minimum Gasteiger partial charge on any atom is -0.480 e. The maximum Gasteiger partial charge on any atom is 0.325 e. The van der Waals surface area contributed by atoms with Crippen molar-refractivity contribution < 1.29 is 14.3 Å². The zero-order valence-corrected chi connectivity index (χ0v) is 7.25. The minimum absolute atomic E-state index is 0.0543. The van der Waals surface area contributed by atoms with Gasteiger partial charge in [0.2, 0.25) is 0 Å². The van der Waals surface area contributed by atoms with Crippen LogP contribution in [0.25, 0.3) is 0 Å². The molecule has 1 aromatic rings. The van der Waals surface area contributed by atoms with E-state index in [1.165, 1.54) is 12.1 Å². The van der Waals surface area contributed by atoms with E-state index in [9.17, 15) is 9.18 Å². The number of carbonyl (C=O) groups is 1. The molecular weight excluding hydrogens is 197 g/mol. The van der Waals surface area contributed by atoms with E-state index in [1.54, 1.807) is 0 Å². The van der Waals surface area contributed by atoms with E-state index in [0.717, 1.165) is 6.07 Å². The molecule has 5 heteroatoms. The number of rotatable bonds is 2. The molecule has 0 saturated carbocycles. The SMILES string of the molecule is N[C@@H](C(=O)O)c1ccc(Cl)c(F)c1. The summed E-state index contributed by atoms with van der Waals surface area (Å²) in [6.07, 6.45) is 0. The number of hydrogen-bond donors (Lipinski definition) is 2. The molecule has 0 unspecified atom stereocenters. The highest BCUT2D eigenvalue weighted by molar-refractivity contribution is 6.30. The monoisotopic (exact) mass is 203 g/mol. The van der Waals surface area contributed by atoms with Crippen molar-refractivity contribution in [2.24, 2.45) is 5.73 Å². The summed E-state index contributed by atoms with van der Waals surface area (Å²) in [7, 11) is 0. The summed E-state index contributed by atoms with van der Waals surface area (Å²) >= 11 is 5.40. The molecule has 0 aliphatic rings. The zero-order chi connectivity index (χ0) is 10.0. The third-order valence-electron chi connectivity index (χ3n) is 1.57. The summed E-state index contributed by atoms with van der Waals surface area (Å²) in [6, 6.07) is 2.45. The van der Waals surface area contributed by atoms with Crippen LogP contribution >= 0.6 is 11.6 Å². The number of hydrogen-bond acceptors (Lipinski definition) is 2. The Kier molecular flexibility index (Phi) is 2.85. The molecular formula is C8H7ClFNO2. The predicted molar refractivity (Wildman–Crippen MR) is 46.0 cm³/mol. The topological polar surface area (TPSA) is 63.3 Å². The van der Waals surface area contributed by atoms with Gasteiger partial charge in [-0.2, -0.15) is 0 Å². The Balaban J connectivity index is 3.03. The van der Waals surface area contributed by atoms with Crippen LogP contribution in [-0.2, 0) is 4.79 Å². The van der Waals surface area contributed by atoms with Crippen molar-refractivity contribution in [1.82, 2.24) is 0 Å². The van der Waals surface area contributed by atoms with E-state index >= 15 is 0 Å². The lowest BCUT2D eigenvalue weighted by atomic mass is 10.1. The molecule has 1 atom stereocenters. The first kappa shape index (κ1) is 9.95. The molecule has 0 amide bonds. The molecule has 1 aromatic carbocycles. The maximum atomic E-state index is 12.8. The van der Waals surface area contributed by atoms with Crippen LogP contribution in [0.3, 0.4) is 0 Å². The van der Waals surface area contributed by atoms with Crippen molar-refractivity contribution in [2.75, 3.05) is 0 Å². The van der Waals surface area contributed by atoms with E-state index in [-0.39, 0.29) is 10.6 Å².